The van der Waals surface area contributed by atoms with Gasteiger partial charge in [0.2, 0.25) is 0 Å². The van der Waals surface area contributed by atoms with Gasteiger partial charge in [-0.15, -0.1) is 0 Å². The monoisotopic (exact) mass is 254 g/mol. The molecule has 10 heavy (non-hydrogen) atoms. The van der Waals surface area contributed by atoms with Crippen molar-refractivity contribution in [2.75, 3.05) is 6.61 Å². The first kappa shape index (κ1) is 8.78. The van der Waals surface area contributed by atoms with Crippen molar-refractivity contribution in [3.63, 3.8) is 0 Å². The van der Waals surface area contributed by atoms with Gasteiger partial charge in [0.15, 0.2) is 0 Å². The van der Waals surface area contributed by atoms with Crippen molar-refractivity contribution in [2.45, 2.75) is 32.6 Å². The molecule has 0 unspecified atom stereocenters. The lowest BCUT2D eigenvalue weighted by atomic mass is 9.95. The topological polar surface area (TPSA) is 9.23 Å². The second-order valence-corrected chi connectivity index (χ2v) is 3.76. The average Bonchev–Trinajstić information content (AvgIpc) is 2.36. The van der Waals surface area contributed by atoms with Crippen LogP contribution in [0.5, 0.6) is 0 Å². The van der Waals surface area contributed by atoms with Crippen LogP contribution in [0.3, 0.4) is 0 Å². The van der Waals surface area contributed by atoms with E-state index in [1.54, 1.807) is 0 Å². The minimum atomic E-state index is 0.863. The molecule has 1 saturated carbocycles. The van der Waals surface area contributed by atoms with Gasteiger partial charge in [0.05, 0.1) is 6.61 Å². The number of hydrogen-bond donors (Lipinski definition) is 0. The smallest absolute Gasteiger partial charge is 0.109 e. The zero-order valence-electron chi connectivity index (χ0n) is 6.48. The highest BCUT2D eigenvalue weighted by Gasteiger charge is 2.25. The maximum atomic E-state index is 5.13. The first-order valence-corrected chi connectivity index (χ1v) is 5.00. The molecule has 60 valence electrons. The van der Waals surface area contributed by atoms with Gasteiger partial charge in [-0.25, -0.2) is 0 Å². The minimum absolute atomic E-state index is 0.863. The highest BCUT2D eigenvalue weighted by Crippen LogP contribution is 2.34. The van der Waals surface area contributed by atoms with Crippen molar-refractivity contribution in [3.8, 4) is 0 Å². The normalized spacial score (nSPS) is 33.0. The summed E-state index contributed by atoms with van der Waals surface area (Å²) in [5, 5.41) is 0. The molecule has 1 aliphatic carbocycles. The first-order valence-electron chi connectivity index (χ1n) is 4.12. The summed E-state index contributed by atoms with van der Waals surface area (Å²) >= 11 is 2.00. The van der Waals surface area contributed by atoms with Gasteiger partial charge >= 0.3 is 0 Å². The third-order valence-electron chi connectivity index (χ3n) is 2.62. The van der Waals surface area contributed by atoms with Gasteiger partial charge in [-0.1, -0.05) is 26.2 Å². The van der Waals surface area contributed by atoms with Gasteiger partial charge in [-0.3, -0.25) is 0 Å². The molecule has 0 spiro atoms. The van der Waals surface area contributed by atoms with Crippen LogP contribution in [0, 0.1) is 11.8 Å². The Bertz CT molecular complexity index is 95.3. The maximum Gasteiger partial charge on any atom is 0.109 e. The quantitative estimate of drug-likeness (QED) is 0.703. The largest absolute Gasteiger partial charge is 0.316 e. The molecule has 0 N–H and O–H groups in total. The van der Waals surface area contributed by atoms with Crippen molar-refractivity contribution in [1.82, 2.24) is 0 Å². The molecule has 0 aliphatic heterocycles. The van der Waals surface area contributed by atoms with Gasteiger partial charge in [0.1, 0.15) is 23.0 Å². The van der Waals surface area contributed by atoms with Crippen LogP contribution in [0.2, 0.25) is 0 Å². The Hall–Kier alpha value is 0.690. The molecule has 0 aromatic heterocycles. The molecule has 0 aromatic carbocycles. The molecule has 1 aliphatic rings. The standard InChI is InChI=1S/C8H15IO/c1-2-7-4-3-5-8(7)6-10-9/h7-8H,2-6H2,1H3/t7-,8+/m1/s1. The molecule has 0 saturated heterocycles. The highest BCUT2D eigenvalue weighted by atomic mass is 127. The average molecular weight is 254 g/mol. The Balaban J connectivity index is 2.27. The highest BCUT2D eigenvalue weighted by molar-refractivity contribution is 14.1. The molecular weight excluding hydrogens is 239 g/mol. The summed E-state index contributed by atoms with van der Waals surface area (Å²) in [7, 11) is 0. The third-order valence-corrected chi connectivity index (χ3v) is 2.98. The van der Waals surface area contributed by atoms with Crippen LogP contribution in [0.4, 0.5) is 0 Å². The third kappa shape index (κ3) is 2.09. The van der Waals surface area contributed by atoms with Crippen LogP contribution in [-0.2, 0) is 3.07 Å². The number of rotatable bonds is 3. The summed E-state index contributed by atoms with van der Waals surface area (Å²) in [5.74, 6) is 1.82. The predicted octanol–water partition coefficient (Wildman–Crippen LogP) is 3.18. The fourth-order valence-corrected chi connectivity index (χ4v) is 2.41. The number of hydrogen-bond acceptors (Lipinski definition) is 1. The van der Waals surface area contributed by atoms with E-state index in [0.717, 1.165) is 18.4 Å². The lowest BCUT2D eigenvalue weighted by Crippen LogP contribution is -2.11. The zero-order valence-corrected chi connectivity index (χ0v) is 8.63. The summed E-state index contributed by atoms with van der Waals surface area (Å²) in [4.78, 5) is 0. The van der Waals surface area contributed by atoms with Gasteiger partial charge in [-0.05, 0) is 18.3 Å². The van der Waals surface area contributed by atoms with E-state index in [2.05, 4.69) is 6.92 Å². The van der Waals surface area contributed by atoms with Crippen LogP contribution in [0.1, 0.15) is 32.6 Å². The van der Waals surface area contributed by atoms with Gasteiger partial charge in [-0.2, -0.15) is 0 Å². The Labute approximate surface area is 77.2 Å². The van der Waals surface area contributed by atoms with Crippen molar-refractivity contribution < 1.29 is 3.07 Å². The predicted molar refractivity (Wildman–Crippen MR) is 51.1 cm³/mol. The van der Waals surface area contributed by atoms with E-state index < -0.39 is 0 Å². The van der Waals surface area contributed by atoms with Crippen LogP contribution in [0.15, 0.2) is 0 Å². The Morgan fingerprint density at radius 3 is 2.70 bits per heavy atom. The summed E-state index contributed by atoms with van der Waals surface area (Å²) in [6.45, 7) is 3.26. The van der Waals surface area contributed by atoms with Crippen molar-refractivity contribution in [2.24, 2.45) is 11.8 Å². The molecule has 2 heteroatoms. The van der Waals surface area contributed by atoms with E-state index in [1.807, 2.05) is 23.0 Å². The fraction of sp³-hybridized carbons (Fsp3) is 1.00. The Morgan fingerprint density at radius 2 is 2.10 bits per heavy atom. The Morgan fingerprint density at radius 1 is 1.40 bits per heavy atom. The van der Waals surface area contributed by atoms with Crippen LogP contribution in [-0.4, -0.2) is 6.61 Å². The summed E-state index contributed by atoms with van der Waals surface area (Å²) in [6.07, 6.45) is 5.58. The van der Waals surface area contributed by atoms with Crippen LogP contribution in [0.25, 0.3) is 0 Å². The van der Waals surface area contributed by atoms with Crippen LogP contribution >= 0.6 is 23.0 Å². The summed E-state index contributed by atoms with van der Waals surface area (Å²) in [6, 6.07) is 0. The molecule has 0 bridgehead atoms. The van der Waals surface area contributed by atoms with E-state index in [4.69, 9.17) is 3.07 Å². The molecule has 2 atom stereocenters. The SMILES string of the molecule is CC[C@@H]1CCC[C@H]1COI. The summed E-state index contributed by atoms with van der Waals surface area (Å²) < 4.78 is 5.13. The zero-order chi connectivity index (χ0) is 7.40. The van der Waals surface area contributed by atoms with E-state index in [1.165, 1.54) is 25.7 Å². The van der Waals surface area contributed by atoms with Gasteiger partial charge < -0.3 is 3.07 Å². The Kier molecular flexibility index (Phi) is 3.99. The second-order valence-electron chi connectivity index (χ2n) is 3.14. The molecule has 0 radical (unpaired) electrons. The molecular formula is C8H15IO. The lowest BCUT2D eigenvalue weighted by Gasteiger charge is -2.15. The van der Waals surface area contributed by atoms with E-state index >= 15 is 0 Å². The molecule has 1 fully saturated rings. The molecule has 1 nitrogen and oxygen atoms in total. The molecule has 1 rings (SSSR count). The second kappa shape index (κ2) is 4.54. The van der Waals surface area contributed by atoms with Crippen molar-refractivity contribution in [1.29, 1.82) is 0 Å². The molecule has 0 amide bonds. The summed E-state index contributed by atoms with van der Waals surface area (Å²) in [5.41, 5.74) is 0. The number of halogens is 1. The van der Waals surface area contributed by atoms with Crippen molar-refractivity contribution >= 4 is 23.0 Å². The minimum Gasteiger partial charge on any atom is -0.316 e. The maximum absolute atomic E-state index is 5.13. The molecule has 0 heterocycles. The first-order chi connectivity index (χ1) is 4.88. The van der Waals surface area contributed by atoms with E-state index in [0.29, 0.717) is 0 Å². The van der Waals surface area contributed by atoms with E-state index in [9.17, 15) is 0 Å². The van der Waals surface area contributed by atoms with Gasteiger partial charge in [0.25, 0.3) is 0 Å². The van der Waals surface area contributed by atoms with Crippen molar-refractivity contribution in [3.05, 3.63) is 0 Å². The fourth-order valence-electron chi connectivity index (χ4n) is 1.95. The van der Waals surface area contributed by atoms with E-state index in [-0.39, 0.29) is 0 Å². The van der Waals surface area contributed by atoms with Crippen LogP contribution < -0.4 is 0 Å². The molecule has 0 aromatic rings. The van der Waals surface area contributed by atoms with Gasteiger partial charge in [0, 0.05) is 0 Å². The lowest BCUT2D eigenvalue weighted by molar-refractivity contribution is 0.263.